The average molecular weight is 409 g/mol. The second-order valence-corrected chi connectivity index (χ2v) is 9.17. The Morgan fingerprint density at radius 1 is 1.07 bits per heavy atom. The topological polar surface area (TPSA) is 42.0 Å². The van der Waals surface area contributed by atoms with Crippen molar-refractivity contribution >= 4 is 39.2 Å². The summed E-state index contributed by atoms with van der Waals surface area (Å²) < 4.78 is 1.20. The number of carbonyl (C=O) groups excluding carboxylic acids is 1. The number of nitrogens with one attached hydrogen (secondary N) is 1. The lowest BCUT2D eigenvalue weighted by atomic mass is 9.82. The number of carbonyl (C=O) groups is 1. The number of rotatable bonds is 7. The summed E-state index contributed by atoms with van der Waals surface area (Å²) in [4.78, 5) is 17.7. The van der Waals surface area contributed by atoms with Crippen molar-refractivity contribution in [2.24, 2.45) is 5.92 Å². The highest BCUT2D eigenvalue weighted by molar-refractivity contribution is 7.98. The minimum absolute atomic E-state index is 0.0234. The third kappa shape index (κ3) is 4.65. The molecule has 1 aliphatic rings. The fourth-order valence-electron chi connectivity index (χ4n) is 3.57. The monoisotopic (exact) mass is 408 g/mol. The lowest BCUT2D eigenvalue weighted by molar-refractivity contribution is -0.125. The Kier molecular flexibility index (Phi) is 6.45. The van der Waals surface area contributed by atoms with Gasteiger partial charge in [-0.3, -0.25) is 4.79 Å². The molecule has 0 bridgehead atoms. The molecular weight excluding hydrogens is 384 g/mol. The molecule has 1 aromatic heterocycles. The van der Waals surface area contributed by atoms with Crippen LogP contribution in [0.3, 0.4) is 0 Å². The Hall–Kier alpha value is -2.11. The van der Waals surface area contributed by atoms with Gasteiger partial charge in [0.1, 0.15) is 0 Å². The minimum Gasteiger partial charge on any atom is -0.355 e. The molecule has 28 heavy (non-hydrogen) atoms. The first-order valence-corrected chi connectivity index (χ1v) is 11.7. The number of benzene rings is 2. The van der Waals surface area contributed by atoms with Gasteiger partial charge in [0.2, 0.25) is 5.91 Å². The van der Waals surface area contributed by atoms with Crippen LogP contribution in [0.15, 0.2) is 66.7 Å². The van der Waals surface area contributed by atoms with Crippen LogP contribution in [-0.2, 0) is 10.5 Å². The van der Waals surface area contributed by atoms with Crippen molar-refractivity contribution in [1.82, 2.24) is 10.3 Å². The number of hydrogen-bond acceptors (Lipinski definition) is 4. The highest BCUT2D eigenvalue weighted by Crippen LogP contribution is 2.38. The van der Waals surface area contributed by atoms with Crippen LogP contribution in [0.1, 0.15) is 29.3 Å². The summed E-state index contributed by atoms with van der Waals surface area (Å²) in [6.07, 6.45) is 6.01. The summed E-state index contributed by atoms with van der Waals surface area (Å²) in [6, 6.07) is 18.7. The molecule has 1 N–H and O–H groups in total. The van der Waals surface area contributed by atoms with E-state index in [9.17, 15) is 4.79 Å². The molecule has 144 valence electrons. The van der Waals surface area contributed by atoms with Gasteiger partial charge in [-0.25, -0.2) is 4.98 Å². The van der Waals surface area contributed by atoms with E-state index in [4.69, 9.17) is 4.98 Å². The Balaban J connectivity index is 1.32. The van der Waals surface area contributed by atoms with Gasteiger partial charge < -0.3 is 5.32 Å². The number of thiazole rings is 1. The van der Waals surface area contributed by atoms with Crippen molar-refractivity contribution < 1.29 is 4.79 Å². The van der Waals surface area contributed by atoms with Crippen molar-refractivity contribution in [3.8, 4) is 0 Å². The molecular formula is C23H24N2OS2. The third-order valence-corrected chi connectivity index (χ3v) is 7.25. The molecule has 2 atom stereocenters. The third-order valence-electron chi connectivity index (χ3n) is 5.05. The standard InChI is InChI=1S/C23H24N2OS2/c26-22(24-14-15-27-16-17-8-2-1-3-9-17)18-10-4-5-11-19(18)23-25-20-12-6-7-13-21(20)28-23/h1-9,12-13,18-19H,10-11,14-16H2,(H,24,26)/t18-,19+/m0/s1. The van der Waals surface area contributed by atoms with Gasteiger partial charge in [-0.2, -0.15) is 11.8 Å². The van der Waals surface area contributed by atoms with Crippen LogP contribution < -0.4 is 5.32 Å². The minimum atomic E-state index is -0.0234. The second-order valence-electron chi connectivity index (χ2n) is 7.00. The van der Waals surface area contributed by atoms with Crippen molar-refractivity contribution in [2.75, 3.05) is 12.3 Å². The molecule has 0 saturated heterocycles. The second kappa shape index (κ2) is 9.39. The first-order chi connectivity index (χ1) is 13.8. The van der Waals surface area contributed by atoms with Crippen LogP contribution >= 0.6 is 23.1 Å². The van der Waals surface area contributed by atoms with Gasteiger partial charge in [0.25, 0.3) is 0 Å². The van der Waals surface area contributed by atoms with Gasteiger partial charge in [0.15, 0.2) is 0 Å². The van der Waals surface area contributed by atoms with E-state index in [-0.39, 0.29) is 17.7 Å². The molecule has 5 heteroatoms. The Labute approximate surface area is 174 Å². The van der Waals surface area contributed by atoms with E-state index in [1.54, 1.807) is 11.3 Å². The van der Waals surface area contributed by atoms with Gasteiger partial charge in [-0.05, 0) is 30.5 Å². The first-order valence-electron chi connectivity index (χ1n) is 9.71. The van der Waals surface area contributed by atoms with E-state index >= 15 is 0 Å². The molecule has 3 aromatic rings. The summed E-state index contributed by atoms with van der Waals surface area (Å²) in [7, 11) is 0. The fourth-order valence-corrected chi connectivity index (χ4v) is 5.53. The highest BCUT2D eigenvalue weighted by atomic mass is 32.2. The summed E-state index contributed by atoms with van der Waals surface area (Å²) >= 11 is 3.58. The lowest BCUT2D eigenvalue weighted by Crippen LogP contribution is -2.36. The van der Waals surface area contributed by atoms with E-state index in [1.807, 2.05) is 36.0 Å². The number of thioether (sulfide) groups is 1. The van der Waals surface area contributed by atoms with Crippen molar-refractivity contribution in [2.45, 2.75) is 24.5 Å². The summed E-state index contributed by atoms with van der Waals surface area (Å²) in [6.45, 7) is 0.711. The van der Waals surface area contributed by atoms with Gasteiger partial charge in [-0.15, -0.1) is 11.3 Å². The van der Waals surface area contributed by atoms with Crippen LogP contribution in [0.5, 0.6) is 0 Å². The molecule has 0 fully saturated rings. The van der Waals surface area contributed by atoms with Crippen molar-refractivity contribution in [1.29, 1.82) is 0 Å². The Morgan fingerprint density at radius 2 is 1.86 bits per heavy atom. The van der Waals surface area contributed by atoms with E-state index in [2.05, 4.69) is 47.8 Å². The number of fused-ring (bicyclic) bond motifs is 1. The highest BCUT2D eigenvalue weighted by Gasteiger charge is 2.32. The number of amides is 1. The fraction of sp³-hybridized carbons (Fsp3) is 0.304. The van der Waals surface area contributed by atoms with E-state index in [0.29, 0.717) is 6.54 Å². The zero-order valence-corrected chi connectivity index (χ0v) is 17.3. The number of hydrogen-bond donors (Lipinski definition) is 1. The number of para-hydroxylation sites is 1. The van der Waals surface area contributed by atoms with Crippen LogP contribution in [0.25, 0.3) is 10.2 Å². The molecule has 0 spiro atoms. The molecule has 0 radical (unpaired) electrons. The van der Waals surface area contributed by atoms with Crippen LogP contribution in [0, 0.1) is 5.92 Å². The molecule has 3 nitrogen and oxygen atoms in total. The van der Waals surface area contributed by atoms with Crippen LogP contribution in [0.2, 0.25) is 0 Å². The average Bonchev–Trinajstić information content (AvgIpc) is 3.18. The smallest absolute Gasteiger partial charge is 0.224 e. The zero-order chi connectivity index (χ0) is 19.2. The number of nitrogens with zero attached hydrogens (tertiary/aromatic N) is 1. The zero-order valence-electron chi connectivity index (χ0n) is 15.7. The van der Waals surface area contributed by atoms with E-state index in [0.717, 1.165) is 34.9 Å². The molecule has 2 aromatic carbocycles. The van der Waals surface area contributed by atoms with Crippen LogP contribution in [0.4, 0.5) is 0 Å². The predicted molar refractivity (Wildman–Crippen MR) is 120 cm³/mol. The van der Waals surface area contributed by atoms with Gasteiger partial charge in [0, 0.05) is 24.0 Å². The number of aromatic nitrogens is 1. The SMILES string of the molecule is O=C(NCCSCc1ccccc1)[C@H]1CC=CC[C@H]1c1nc2ccccc2s1. The number of allylic oxidation sites excluding steroid dienone is 2. The molecule has 0 saturated carbocycles. The predicted octanol–water partition coefficient (Wildman–Crippen LogP) is 5.40. The largest absolute Gasteiger partial charge is 0.355 e. The maximum atomic E-state index is 12.9. The lowest BCUT2D eigenvalue weighted by Gasteiger charge is -2.26. The molecule has 1 heterocycles. The van der Waals surface area contributed by atoms with E-state index in [1.165, 1.54) is 10.3 Å². The van der Waals surface area contributed by atoms with E-state index < -0.39 is 0 Å². The van der Waals surface area contributed by atoms with Crippen LogP contribution in [-0.4, -0.2) is 23.2 Å². The van der Waals surface area contributed by atoms with Crippen molar-refractivity contribution in [3.05, 3.63) is 77.3 Å². The summed E-state index contributed by atoms with van der Waals surface area (Å²) in [5.41, 5.74) is 2.36. The quantitative estimate of drug-likeness (QED) is 0.421. The van der Waals surface area contributed by atoms with Crippen molar-refractivity contribution in [3.63, 3.8) is 0 Å². The Morgan fingerprint density at radius 3 is 2.71 bits per heavy atom. The maximum Gasteiger partial charge on any atom is 0.224 e. The summed E-state index contributed by atoms with van der Waals surface area (Å²) in [5.74, 6) is 2.23. The van der Waals surface area contributed by atoms with Gasteiger partial charge in [0.05, 0.1) is 21.1 Å². The molecule has 1 aliphatic carbocycles. The summed E-state index contributed by atoms with van der Waals surface area (Å²) in [5, 5.41) is 4.24. The first kappa shape index (κ1) is 19.2. The Bertz CT molecular complexity index is 918. The maximum absolute atomic E-state index is 12.9. The van der Waals surface area contributed by atoms with Gasteiger partial charge in [-0.1, -0.05) is 54.6 Å². The molecule has 0 unspecified atom stereocenters. The molecule has 1 amide bonds. The van der Waals surface area contributed by atoms with Gasteiger partial charge >= 0.3 is 0 Å². The molecule has 0 aliphatic heterocycles. The normalized spacial score (nSPS) is 19.0. The molecule has 4 rings (SSSR count).